The minimum absolute atomic E-state index is 0.225. The van der Waals surface area contributed by atoms with Gasteiger partial charge in [-0.15, -0.1) is 0 Å². The maximum Gasteiger partial charge on any atom is 0.169 e. The molecule has 14 heavy (non-hydrogen) atoms. The Morgan fingerprint density at radius 1 is 1.29 bits per heavy atom. The molecule has 0 saturated carbocycles. The molecule has 4 nitrogen and oxygen atoms in total. The van der Waals surface area contributed by atoms with Crippen LogP contribution in [0.4, 0.5) is 0 Å². The highest BCUT2D eigenvalue weighted by Gasteiger charge is 2.19. The van der Waals surface area contributed by atoms with Crippen molar-refractivity contribution in [3.63, 3.8) is 0 Å². The van der Waals surface area contributed by atoms with Crippen LogP contribution in [0.5, 0.6) is 0 Å². The quantitative estimate of drug-likeness (QED) is 0.621. The molecule has 0 spiro atoms. The Bertz CT molecular complexity index is 141. The van der Waals surface area contributed by atoms with E-state index in [1.165, 1.54) is 0 Å². The number of ether oxygens (including phenoxy) is 2. The summed E-state index contributed by atoms with van der Waals surface area (Å²) < 4.78 is 10.2. The van der Waals surface area contributed by atoms with Crippen LogP contribution in [0.25, 0.3) is 0 Å². The van der Waals surface area contributed by atoms with E-state index in [4.69, 9.17) is 9.47 Å². The monoisotopic (exact) mass is 205 g/mol. The van der Waals surface area contributed by atoms with Gasteiger partial charge in [0.25, 0.3) is 0 Å². The number of rotatable bonds is 7. The Morgan fingerprint density at radius 2 is 1.79 bits per heavy atom. The third-order valence-corrected chi connectivity index (χ3v) is 1.99. The van der Waals surface area contributed by atoms with Gasteiger partial charge in [0.2, 0.25) is 0 Å². The second-order valence-electron chi connectivity index (χ2n) is 4.04. The minimum atomic E-state index is -0.679. The second-order valence-corrected chi connectivity index (χ2v) is 4.04. The summed E-state index contributed by atoms with van der Waals surface area (Å²) in [6.07, 6.45) is -0.225. The van der Waals surface area contributed by atoms with Crippen molar-refractivity contribution in [3.8, 4) is 0 Å². The molecule has 0 rings (SSSR count). The topological polar surface area (TPSA) is 41.9 Å². The molecule has 0 radical (unpaired) electrons. The zero-order valence-electron chi connectivity index (χ0n) is 9.91. The molecule has 0 aliphatic carbocycles. The Labute approximate surface area is 86.8 Å². The molecular formula is C10H23NO3. The van der Waals surface area contributed by atoms with Gasteiger partial charge in [-0.3, -0.25) is 4.90 Å². The lowest BCUT2D eigenvalue weighted by atomic mass is 10.1. The Hall–Kier alpha value is -0.160. The van der Waals surface area contributed by atoms with Crippen molar-refractivity contribution >= 4 is 0 Å². The van der Waals surface area contributed by atoms with Crippen molar-refractivity contribution < 1.29 is 14.6 Å². The van der Waals surface area contributed by atoms with Crippen LogP contribution in [0.1, 0.15) is 20.8 Å². The van der Waals surface area contributed by atoms with Crippen molar-refractivity contribution in [2.24, 2.45) is 0 Å². The molecule has 0 bridgehead atoms. The summed E-state index contributed by atoms with van der Waals surface area (Å²) in [6.45, 7) is 7.80. The molecule has 0 aromatic rings. The van der Waals surface area contributed by atoms with Crippen LogP contribution in [-0.4, -0.2) is 55.8 Å². The SMILES string of the molecule is CCN(CC(OC)OC)CC(C)(C)O. The standard InChI is InChI=1S/C10H23NO3/c1-6-11(8-10(2,3)12)7-9(13-4)14-5/h9,12H,6-8H2,1-5H3. The van der Waals surface area contributed by atoms with E-state index in [0.717, 1.165) is 6.54 Å². The molecule has 0 unspecified atom stereocenters. The van der Waals surface area contributed by atoms with Gasteiger partial charge >= 0.3 is 0 Å². The maximum atomic E-state index is 9.65. The zero-order chi connectivity index (χ0) is 11.2. The van der Waals surface area contributed by atoms with E-state index in [1.54, 1.807) is 28.1 Å². The van der Waals surface area contributed by atoms with Gasteiger partial charge in [-0.05, 0) is 20.4 Å². The first kappa shape index (κ1) is 13.8. The first-order valence-electron chi connectivity index (χ1n) is 4.93. The number of aliphatic hydroxyl groups is 1. The molecule has 0 atom stereocenters. The molecular weight excluding hydrogens is 182 g/mol. The molecule has 0 aliphatic heterocycles. The van der Waals surface area contributed by atoms with Crippen molar-refractivity contribution in [1.29, 1.82) is 0 Å². The van der Waals surface area contributed by atoms with E-state index >= 15 is 0 Å². The smallest absolute Gasteiger partial charge is 0.169 e. The number of hydrogen-bond acceptors (Lipinski definition) is 4. The summed E-state index contributed by atoms with van der Waals surface area (Å²) in [5.74, 6) is 0. The summed E-state index contributed by atoms with van der Waals surface area (Å²) in [6, 6.07) is 0. The van der Waals surface area contributed by atoms with Gasteiger partial charge < -0.3 is 14.6 Å². The van der Waals surface area contributed by atoms with Gasteiger partial charge in [0, 0.05) is 27.3 Å². The van der Waals surface area contributed by atoms with Crippen molar-refractivity contribution in [2.75, 3.05) is 33.9 Å². The van der Waals surface area contributed by atoms with E-state index in [1.807, 2.05) is 6.92 Å². The van der Waals surface area contributed by atoms with Gasteiger partial charge in [-0.25, -0.2) is 0 Å². The molecule has 1 N–H and O–H groups in total. The summed E-state index contributed by atoms with van der Waals surface area (Å²) in [5, 5.41) is 9.65. The molecule has 0 fully saturated rings. The van der Waals surface area contributed by atoms with Gasteiger partial charge in [0.15, 0.2) is 6.29 Å². The molecule has 0 aromatic carbocycles. The number of hydrogen-bond donors (Lipinski definition) is 1. The van der Waals surface area contributed by atoms with Crippen LogP contribution >= 0.6 is 0 Å². The fourth-order valence-corrected chi connectivity index (χ4v) is 1.31. The fourth-order valence-electron chi connectivity index (χ4n) is 1.31. The number of likely N-dealkylation sites (N-methyl/N-ethyl adjacent to an activating group) is 1. The van der Waals surface area contributed by atoms with E-state index in [9.17, 15) is 5.11 Å². The highest BCUT2D eigenvalue weighted by Crippen LogP contribution is 2.06. The number of methoxy groups -OCH3 is 2. The van der Waals surface area contributed by atoms with E-state index in [2.05, 4.69) is 4.90 Å². The van der Waals surface area contributed by atoms with Crippen molar-refractivity contribution in [1.82, 2.24) is 4.90 Å². The van der Waals surface area contributed by atoms with Crippen LogP contribution in [-0.2, 0) is 9.47 Å². The Kier molecular flexibility index (Phi) is 6.27. The zero-order valence-corrected chi connectivity index (χ0v) is 9.91. The first-order valence-corrected chi connectivity index (χ1v) is 4.93. The van der Waals surface area contributed by atoms with Crippen molar-refractivity contribution in [3.05, 3.63) is 0 Å². The third-order valence-electron chi connectivity index (χ3n) is 1.99. The molecule has 0 aliphatic rings. The van der Waals surface area contributed by atoms with Crippen LogP contribution in [0, 0.1) is 0 Å². The molecule has 4 heteroatoms. The lowest BCUT2D eigenvalue weighted by molar-refractivity contribution is -0.121. The summed E-state index contributed by atoms with van der Waals surface area (Å²) in [5.41, 5.74) is -0.679. The van der Waals surface area contributed by atoms with Gasteiger partial charge in [0.05, 0.1) is 5.60 Å². The molecule has 0 saturated heterocycles. The van der Waals surface area contributed by atoms with E-state index < -0.39 is 5.60 Å². The highest BCUT2D eigenvalue weighted by atomic mass is 16.7. The molecule has 0 aromatic heterocycles. The van der Waals surface area contributed by atoms with E-state index in [0.29, 0.717) is 13.1 Å². The van der Waals surface area contributed by atoms with Gasteiger partial charge in [-0.1, -0.05) is 6.92 Å². The van der Waals surface area contributed by atoms with E-state index in [-0.39, 0.29) is 6.29 Å². The van der Waals surface area contributed by atoms with Crippen LogP contribution < -0.4 is 0 Å². The second kappa shape index (κ2) is 6.35. The van der Waals surface area contributed by atoms with Gasteiger partial charge in [0.1, 0.15) is 0 Å². The molecule has 0 amide bonds. The summed E-state index contributed by atoms with van der Waals surface area (Å²) in [4.78, 5) is 2.09. The largest absolute Gasteiger partial charge is 0.389 e. The summed E-state index contributed by atoms with van der Waals surface area (Å²) >= 11 is 0. The van der Waals surface area contributed by atoms with Gasteiger partial charge in [-0.2, -0.15) is 0 Å². The molecule has 0 heterocycles. The lowest BCUT2D eigenvalue weighted by Gasteiger charge is -2.30. The molecule has 86 valence electrons. The number of nitrogens with zero attached hydrogens (tertiary/aromatic N) is 1. The van der Waals surface area contributed by atoms with Crippen LogP contribution in [0.2, 0.25) is 0 Å². The highest BCUT2D eigenvalue weighted by molar-refractivity contribution is 4.72. The fraction of sp³-hybridized carbons (Fsp3) is 1.00. The normalized spacial score (nSPS) is 12.9. The van der Waals surface area contributed by atoms with Crippen LogP contribution in [0.3, 0.4) is 0 Å². The predicted molar refractivity (Wildman–Crippen MR) is 56.2 cm³/mol. The lowest BCUT2D eigenvalue weighted by Crippen LogP contribution is -2.43. The third kappa shape index (κ3) is 6.32. The Balaban J connectivity index is 4.01. The average Bonchev–Trinajstić information content (AvgIpc) is 2.10. The average molecular weight is 205 g/mol. The predicted octanol–water partition coefficient (Wildman–Crippen LogP) is 0.698. The summed E-state index contributed by atoms with van der Waals surface area (Å²) in [7, 11) is 3.23. The minimum Gasteiger partial charge on any atom is -0.389 e. The van der Waals surface area contributed by atoms with Crippen molar-refractivity contribution in [2.45, 2.75) is 32.7 Å². The van der Waals surface area contributed by atoms with Crippen LogP contribution in [0.15, 0.2) is 0 Å². The first-order chi connectivity index (χ1) is 6.42. The maximum absolute atomic E-state index is 9.65. The Morgan fingerprint density at radius 3 is 2.07 bits per heavy atom.